The quantitative estimate of drug-likeness (QED) is 0.615. The number of rotatable bonds is 4. The summed E-state index contributed by atoms with van der Waals surface area (Å²) in [5, 5.41) is 9.09. The third-order valence-corrected chi connectivity index (χ3v) is 5.77. The predicted octanol–water partition coefficient (Wildman–Crippen LogP) is 5.35. The number of nitrogens with zero attached hydrogens (tertiary/aromatic N) is 1. The van der Waals surface area contributed by atoms with Crippen LogP contribution in [0.15, 0.2) is 78.9 Å². The van der Waals surface area contributed by atoms with Crippen LogP contribution in [0.1, 0.15) is 43.8 Å². The molecule has 0 spiro atoms. The molecular formula is C27H21NO4. The number of benzene rings is 3. The Morgan fingerprint density at radius 3 is 2.41 bits per heavy atom. The number of carbonyl (C=O) groups is 2. The Labute approximate surface area is 185 Å². The van der Waals surface area contributed by atoms with Gasteiger partial charge in [0.25, 0.3) is 5.91 Å². The molecule has 3 aromatic rings. The second-order valence-electron chi connectivity index (χ2n) is 7.82. The highest BCUT2D eigenvalue weighted by Gasteiger charge is 2.29. The normalized spacial score (nSPS) is 18.0. The summed E-state index contributed by atoms with van der Waals surface area (Å²) in [4.78, 5) is 26.4. The van der Waals surface area contributed by atoms with Gasteiger partial charge in [0.2, 0.25) is 0 Å². The molecule has 0 aromatic heterocycles. The van der Waals surface area contributed by atoms with E-state index in [0.29, 0.717) is 24.3 Å². The summed E-state index contributed by atoms with van der Waals surface area (Å²) in [5.74, 6) is -0.306. The minimum atomic E-state index is -0.959. The van der Waals surface area contributed by atoms with Crippen molar-refractivity contribution < 1.29 is 19.4 Å². The third-order valence-electron chi connectivity index (χ3n) is 5.77. The molecule has 0 aliphatic carbocycles. The molecule has 2 aliphatic heterocycles. The molecule has 1 unspecified atom stereocenters. The second kappa shape index (κ2) is 8.19. The SMILES string of the molecule is O=C(O)c1ccc(C2=CCC(CN3C(=O)c4ccccc4/C=C\c4ccccc43)O2)cc1. The van der Waals surface area contributed by atoms with Gasteiger partial charge in [-0.25, -0.2) is 4.79 Å². The Bertz CT molecular complexity index is 1260. The van der Waals surface area contributed by atoms with Gasteiger partial charge in [-0.2, -0.15) is 0 Å². The first-order chi connectivity index (χ1) is 15.6. The molecule has 0 bridgehead atoms. The number of carboxylic acids is 1. The van der Waals surface area contributed by atoms with Crippen molar-refractivity contribution in [2.24, 2.45) is 0 Å². The fraction of sp³-hybridized carbons (Fsp3) is 0.111. The summed E-state index contributed by atoms with van der Waals surface area (Å²) in [5.41, 5.74) is 4.44. The van der Waals surface area contributed by atoms with E-state index in [4.69, 9.17) is 9.84 Å². The third kappa shape index (κ3) is 3.69. The van der Waals surface area contributed by atoms with Crippen molar-refractivity contribution in [1.29, 1.82) is 0 Å². The molecule has 5 nitrogen and oxygen atoms in total. The standard InChI is InChI=1S/C27H21NO4/c29-26-23-7-3-1-5-18(23)9-10-19-6-2-4-8-24(19)28(26)17-22-15-16-25(32-22)20-11-13-21(14-12-20)27(30)31/h1-14,16,22H,15,17H2,(H,30,31)/b10-9-. The van der Waals surface area contributed by atoms with E-state index in [1.54, 1.807) is 29.2 Å². The van der Waals surface area contributed by atoms with Crippen molar-refractivity contribution in [3.05, 3.63) is 107 Å². The lowest BCUT2D eigenvalue weighted by Gasteiger charge is -2.29. The van der Waals surface area contributed by atoms with Gasteiger partial charge in [0, 0.05) is 17.5 Å². The summed E-state index contributed by atoms with van der Waals surface area (Å²) in [6.45, 7) is 0.408. The number of carboxylic acid groups (broad SMARTS) is 1. The zero-order chi connectivity index (χ0) is 22.1. The van der Waals surface area contributed by atoms with Gasteiger partial charge in [0.15, 0.2) is 0 Å². The van der Waals surface area contributed by atoms with Crippen molar-refractivity contribution in [3.63, 3.8) is 0 Å². The Balaban J connectivity index is 1.41. The number of hydrogen-bond donors (Lipinski definition) is 1. The van der Waals surface area contributed by atoms with Crippen LogP contribution in [0.5, 0.6) is 0 Å². The van der Waals surface area contributed by atoms with Crippen molar-refractivity contribution in [1.82, 2.24) is 0 Å². The van der Waals surface area contributed by atoms with Crippen LogP contribution in [-0.4, -0.2) is 29.6 Å². The van der Waals surface area contributed by atoms with Gasteiger partial charge >= 0.3 is 5.97 Å². The van der Waals surface area contributed by atoms with Crippen molar-refractivity contribution in [3.8, 4) is 0 Å². The Kier molecular flexibility index (Phi) is 5.07. The lowest BCUT2D eigenvalue weighted by atomic mass is 10.00. The molecule has 5 heteroatoms. The summed E-state index contributed by atoms with van der Waals surface area (Å²) < 4.78 is 6.18. The minimum absolute atomic E-state index is 0.0553. The molecule has 0 fully saturated rings. The molecule has 2 heterocycles. The fourth-order valence-electron chi connectivity index (χ4n) is 4.12. The van der Waals surface area contributed by atoms with E-state index < -0.39 is 5.97 Å². The molecule has 1 atom stereocenters. The monoisotopic (exact) mass is 423 g/mol. The number of hydrogen-bond acceptors (Lipinski definition) is 3. The molecule has 0 saturated carbocycles. The zero-order valence-electron chi connectivity index (χ0n) is 17.3. The van der Waals surface area contributed by atoms with Crippen LogP contribution >= 0.6 is 0 Å². The van der Waals surface area contributed by atoms with Gasteiger partial charge in [0.1, 0.15) is 11.9 Å². The van der Waals surface area contributed by atoms with E-state index in [-0.39, 0.29) is 17.6 Å². The molecule has 2 aliphatic rings. The van der Waals surface area contributed by atoms with Crippen LogP contribution in [0, 0.1) is 0 Å². The molecule has 3 aromatic carbocycles. The van der Waals surface area contributed by atoms with E-state index in [9.17, 15) is 9.59 Å². The van der Waals surface area contributed by atoms with Gasteiger partial charge in [-0.05, 0) is 41.5 Å². The van der Waals surface area contributed by atoms with Crippen molar-refractivity contribution >= 4 is 35.5 Å². The Morgan fingerprint density at radius 2 is 1.62 bits per heavy atom. The van der Waals surface area contributed by atoms with Gasteiger partial charge < -0.3 is 14.7 Å². The van der Waals surface area contributed by atoms with Gasteiger partial charge in [-0.3, -0.25) is 4.79 Å². The van der Waals surface area contributed by atoms with Crippen molar-refractivity contribution in [2.75, 3.05) is 11.4 Å². The van der Waals surface area contributed by atoms with E-state index in [1.807, 2.05) is 66.8 Å². The largest absolute Gasteiger partial charge is 0.488 e. The number of anilines is 1. The molecule has 0 radical (unpaired) electrons. The van der Waals surface area contributed by atoms with Crippen LogP contribution in [-0.2, 0) is 4.74 Å². The molecule has 5 rings (SSSR count). The van der Waals surface area contributed by atoms with Crippen LogP contribution in [0.3, 0.4) is 0 Å². The molecule has 0 saturated heterocycles. The van der Waals surface area contributed by atoms with Gasteiger partial charge in [-0.1, -0.05) is 60.7 Å². The molecular weight excluding hydrogens is 402 g/mol. The zero-order valence-corrected chi connectivity index (χ0v) is 17.3. The first-order valence-corrected chi connectivity index (χ1v) is 10.5. The fourth-order valence-corrected chi connectivity index (χ4v) is 4.12. The smallest absolute Gasteiger partial charge is 0.335 e. The number of fused-ring (bicyclic) bond motifs is 2. The van der Waals surface area contributed by atoms with E-state index in [1.165, 1.54) is 0 Å². The number of carbonyl (C=O) groups excluding carboxylic acids is 1. The number of ether oxygens (including phenoxy) is 1. The summed E-state index contributed by atoms with van der Waals surface area (Å²) in [6, 6.07) is 22.1. The van der Waals surface area contributed by atoms with Crippen LogP contribution < -0.4 is 4.90 Å². The average molecular weight is 423 g/mol. The highest BCUT2D eigenvalue weighted by Crippen LogP contribution is 2.32. The lowest BCUT2D eigenvalue weighted by molar-refractivity contribution is 0.0696. The first-order valence-electron chi connectivity index (χ1n) is 10.5. The van der Waals surface area contributed by atoms with E-state index in [2.05, 4.69) is 0 Å². The maximum Gasteiger partial charge on any atom is 0.335 e. The first kappa shape index (κ1) is 19.8. The lowest BCUT2D eigenvalue weighted by Crippen LogP contribution is -2.38. The Morgan fingerprint density at radius 1 is 0.938 bits per heavy atom. The van der Waals surface area contributed by atoms with Crippen LogP contribution in [0.25, 0.3) is 17.9 Å². The number of amides is 1. The van der Waals surface area contributed by atoms with Crippen molar-refractivity contribution in [2.45, 2.75) is 12.5 Å². The second-order valence-corrected chi connectivity index (χ2v) is 7.82. The number of para-hydroxylation sites is 1. The van der Waals surface area contributed by atoms with E-state index in [0.717, 1.165) is 22.4 Å². The average Bonchev–Trinajstić information content (AvgIpc) is 3.29. The van der Waals surface area contributed by atoms with Gasteiger partial charge in [0.05, 0.1) is 17.8 Å². The topological polar surface area (TPSA) is 66.8 Å². The highest BCUT2D eigenvalue weighted by molar-refractivity contribution is 6.11. The molecule has 32 heavy (non-hydrogen) atoms. The predicted molar refractivity (Wildman–Crippen MR) is 124 cm³/mol. The highest BCUT2D eigenvalue weighted by atomic mass is 16.5. The Hall–Kier alpha value is -4.12. The minimum Gasteiger partial charge on any atom is -0.488 e. The number of aromatic carboxylic acids is 1. The molecule has 158 valence electrons. The summed E-state index contributed by atoms with van der Waals surface area (Å²) in [7, 11) is 0. The van der Waals surface area contributed by atoms with Crippen LogP contribution in [0.4, 0.5) is 5.69 Å². The van der Waals surface area contributed by atoms with Crippen LogP contribution in [0.2, 0.25) is 0 Å². The molecule has 1 amide bonds. The maximum atomic E-state index is 13.6. The summed E-state index contributed by atoms with van der Waals surface area (Å²) in [6.07, 6.45) is 6.48. The van der Waals surface area contributed by atoms with E-state index >= 15 is 0 Å². The molecule has 1 N–H and O–H groups in total. The summed E-state index contributed by atoms with van der Waals surface area (Å²) >= 11 is 0. The van der Waals surface area contributed by atoms with Gasteiger partial charge in [-0.15, -0.1) is 0 Å². The maximum absolute atomic E-state index is 13.6.